The molecule has 152 valence electrons. The summed E-state index contributed by atoms with van der Waals surface area (Å²) in [6.45, 7) is 1.44. The van der Waals surface area contributed by atoms with Crippen LogP contribution in [0.4, 0.5) is 0 Å². The van der Waals surface area contributed by atoms with Crippen molar-refractivity contribution in [1.29, 1.82) is 0 Å². The first-order valence-electron chi connectivity index (χ1n) is 9.32. The predicted octanol–water partition coefficient (Wildman–Crippen LogP) is 1.96. The van der Waals surface area contributed by atoms with Crippen LogP contribution in [0.15, 0.2) is 46.9 Å². The molecule has 2 heterocycles. The number of phenolic OH excluding ortho intramolecular Hbond substituents is 1. The molecule has 0 saturated carbocycles. The van der Waals surface area contributed by atoms with Crippen LogP contribution in [-0.4, -0.2) is 55.5 Å². The summed E-state index contributed by atoms with van der Waals surface area (Å²) in [5.74, 6) is 0.648. The lowest BCUT2D eigenvalue weighted by Gasteiger charge is -2.37. The SMILES string of the molecule is Cc1nnc(-c2ccc(-c3cccc(C4OC(CO)CC(O)C4O)c3)cc2O)o1. The molecule has 0 aliphatic carbocycles. The molecule has 1 aliphatic rings. The first kappa shape index (κ1) is 19.5. The Morgan fingerprint density at radius 2 is 1.86 bits per heavy atom. The van der Waals surface area contributed by atoms with Crippen molar-refractivity contribution in [3.63, 3.8) is 0 Å². The van der Waals surface area contributed by atoms with E-state index in [9.17, 15) is 20.4 Å². The minimum absolute atomic E-state index is 0.00118. The fourth-order valence-corrected chi connectivity index (χ4v) is 3.54. The Morgan fingerprint density at radius 1 is 1.07 bits per heavy atom. The fraction of sp³-hybridized carbons (Fsp3) is 0.333. The lowest BCUT2D eigenvalue weighted by molar-refractivity contribution is -0.179. The summed E-state index contributed by atoms with van der Waals surface area (Å²) < 4.78 is 11.1. The van der Waals surface area contributed by atoms with E-state index in [0.29, 0.717) is 17.0 Å². The molecular formula is C21H22N2O6. The van der Waals surface area contributed by atoms with Crippen molar-refractivity contribution in [2.45, 2.75) is 37.8 Å². The monoisotopic (exact) mass is 398 g/mol. The van der Waals surface area contributed by atoms with Gasteiger partial charge in [-0.25, -0.2) is 0 Å². The van der Waals surface area contributed by atoms with Gasteiger partial charge in [0.15, 0.2) is 0 Å². The van der Waals surface area contributed by atoms with Gasteiger partial charge in [0.2, 0.25) is 5.89 Å². The molecule has 4 rings (SSSR count). The van der Waals surface area contributed by atoms with Crippen LogP contribution >= 0.6 is 0 Å². The van der Waals surface area contributed by atoms with E-state index in [1.165, 1.54) is 0 Å². The van der Waals surface area contributed by atoms with E-state index in [0.717, 1.165) is 11.1 Å². The summed E-state index contributed by atoms with van der Waals surface area (Å²) in [6.07, 6.45) is -3.19. The Labute approximate surface area is 167 Å². The lowest BCUT2D eigenvalue weighted by atomic mass is 9.91. The van der Waals surface area contributed by atoms with Crippen LogP contribution in [0.3, 0.4) is 0 Å². The number of benzene rings is 2. The standard InChI is InChI=1S/C21H22N2O6/c1-11-22-23-21(28-11)16-6-5-13(8-17(16)25)12-3-2-4-14(7-12)20-19(27)18(26)9-15(10-24)29-20/h2-8,15,18-20,24-27H,9-10H2,1H3. The third-order valence-electron chi connectivity index (χ3n) is 5.05. The van der Waals surface area contributed by atoms with Crippen molar-refractivity contribution in [1.82, 2.24) is 10.2 Å². The van der Waals surface area contributed by atoms with Gasteiger partial charge in [-0.1, -0.05) is 24.3 Å². The molecule has 1 saturated heterocycles. The summed E-state index contributed by atoms with van der Waals surface area (Å²) in [4.78, 5) is 0. The second-order valence-electron chi connectivity index (χ2n) is 7.14. The molecule has 2 aromatic carbocycles. The van der Waals surface area contributed by atoms with Crippen LogP contribution in [-0.2, 0) is 4.74 Å². The van der Waals surface area contributed by atoms with Gasteiger partial charge in [-0.3, -0.25) is 0 Å². The summed E-state index contributed by atoms with van der Waals surface area (Å²) in [6, 6.07) is 12.4. The van der Waals surface area contributed by atoms with E-state index in [1.807, 2.05) is 24.3 Å². The van der Waals surface area contributed by atoms with E-state index < -0.39 is 24.4 Å². The quantitative estimate of drug-likeness (QED) is 0.525. The number of ether oxygens (including phenoxy) is 1. The molecule has 1 fully saturated rings. The zero-order valence-corrected chi connectivity index (χ0v) is 15.8. The molecular weight excluding hydrogens is 376 g/mol. The third kappa shape index (κ3) is 3.88. The Kier molecular flexibility index (Phi) is 5.33. The molecule has 0 bridgehead atoms. The zero-order chi connectivity index (χ0) is 20.5. The van der Waals surface area contributed by atoms with Gasteiger partial charge in [-0.05, 0) is 34.9 Å². The van der Waals surface area contributed by atoms with E-state index in [4.69, 9.17) is 9.15 Å². The first-order chi connectivity index (χ1) is 14.0. The van der Waals surface area contributed by atoms with Gasteiger partial charge in [0, 0.05) is 13.3 Å². The smallest absolute Gasteiger partial charge is 0.251 e. The Balaban J connectivity index is 1.64. The number of hydrogen-bond donors (Lipinski definition) is 4. The summed E-state index contributed by atoms with van der Waals surface area (Å²) in [5.41, 5.74) is 2.64. The Bertz CT molecular complexity index is 1000. The Hall–Kier alpha value is -2.78. The number of aliphatic hydroxyl groups is 3. The number of aromatic hydroxyl groups is 1. The molecule has 4 unspecified atom stereocenters. The molecule has 8 heteroatoms. The molecule has 3 aromatic rings. The minimum atomic E-state index is -1.09. The summed E-state index contributed by atoms with van der Waals surface area (Å²) in [7, 11) is 0. The van der Waals surface area contributed by atoms with Crippen LogP contribution in [0.2, 0.25) is 0 Å². The molecule has 8 nitrogen and oxygen atoms in total. The first-order valence-corrected chi connectivity index (χ1v) is 9.32. The molecule has 1 aliphatic heterocycles. The van der Waals surface area contributed by atoms with E-state index in [2.05, 4.69) is 10.2 Å². The lowest BCUT2D eigenvalue weighted by Crippen LogP contribution is -2.44. The Morgan fingerprint density at radius 3 is 2.55 bits per heavy atom. The number of phenols is 1. The molecule has 0 spiro atoms. The van der Waals surface area contributed by atoms with Gasteiger partial charge in [-0.2, -0.15) is 0 Å². The average molecular weight is 398 g/mol. The van der Waals surface area contributed by atoms with Crippen LogP contribution < -0.4 is 0 Å². The van der Waals surface area contributed by atoms with E-state index >= 15 is 0 Å². The largest absolute Gasteiger partial charge is 0.507 e. The highest BCUT2D eigenvalue weighted by Gasteiger charge is 2.37. The number of aromatic nitrogens is 2. The number of aryl methyl sites for hydroxylation is 1. The van der Waals surface area contributed by atoms with Gasteiger partial charge < -0.3 is 29.6 Å². The van der Waals surface area contributed by atoms with Crippen molar-refractivity contribution in [3.8, 4) is 28.3 Å². The molecule has 29 heavy (non-hydrogen) atoms. The maximum Gasteiger partial charge on any atom is 0.251 e. The summed E-state index contributed by atoms with van der Waals surface area (Å²) in [5, 5.41) is 47.9. The number of rotatable bonds is 4. The second kappa shape index (κ2) is 7.92. The van der Waals surface area contributed by atoms with Crippen LogP contribution in [0.25, 0.3) is 22.6 Å². The van der Waals surface area contributed by atoms with Crippen molar-refractivity contribution < 1.29 is 29.6 Å². The van der Waals surface area contributed by atoms with Crippen LogP contribution in [0.1, 0.15) is 24.0 Å². The molecule has 1 aromatic heterocycles. The van der Waals surface area contributed by atoms with Gasteiger partial charge in [0.1, 0.15) is 18.0 Å². The van der Waals surface area contributed by atoms with Crippen LogP contribution in [0, 0.1) is 6.92 Å². The van der Waals surface area contributed by atoms with Gasteiger partial charge in [0.25, 0.3) is 5.89 Å². The summed E-state index contributed by atoms with van der Waals surface area (Å²) >= 11 is 0. The predicted molar refractivity (Wildman–Crippen MR) is 103 cm³/mol. The fourth-order valence-electron chi connectivity index (χ4n) is 3.54. The average Bonchev–Trinajstić information content (AvgIpc) is 3.16. The van der Waals surface area contributed by atoms with Crippen molar-refractivity contribution in [2.75, 3.05) is 6.61 Å². The maximum atomic E-state index is 10.4. The third-order valence-corrected chi connectivity index (χ3v) is 5.05. The van der Waals surface area contributed by atoms with E-state index in [1.54, 1.807) is 25.1 Å². The normalized spacial score (nSPS) is 24.6. The van der Waals surface area contributed by atoms with Crippen molar-refractivity contribution in [3.05, 3.63) is 53.9 Å². The molecule has 4 N–H and O–H groups in total. The molecule has 0 amide bonds. The molecule has 0 radical (unpaired) electrons. The van der Waals surface area contributed by atoms with Crippen molar-refractivity contribution >= 4 is 0 Å². The molecule has 4 atom stereocenters. The van der Waals surface area contributed by atoms with Gasteiger partial charge in [-0.15, -0.1) is 10.2 Å². The topological polar surface area (TPSA) is 129 Å². The van der Waals surface area contributed by atoms with Crippen LogP contribution in [0.5, 0.6) is 5.75 Å². The number of aliphatic hydroxyl groups excluding tert-OH is 3. The zero-order valence-electron chi connectivity index (χ0n) is 15.8. The second-order valence-corrected chi connectivity index (χ2v) is 7.14. The highest BCUT2D eigenvalue weighted by Crippen LogP contribution is 2.36. The number of hydrogen-bond acceptors (Lipinski definition) is 8. The van der Waals surface area contributed by atoms with Gasteiger partial charge in [0.05, 0.1) is 24.4 Å². The van der Waals surface area contributed by atoms with E-state index in [-0.39, 0.29) is 24.7 Å². The maximum absolute atomic E-state index is 10.4. The van der Waals surface area contributed by atoms with Gasteiger partial charge >= 0.3 is 0 Å². The minimum Gasteiger partial charge on any atom is -0.507 e. The highest BCUT2D eigenvalue weighted by atomic mass is 16.5. The number of nitrogens with zero attached hydrogens (tertiary/aromatic N) is 2. The van der Waals surface area contributed by atoms with Crippen molar-refractivity contribution in [2.24, 2.45) is 0 Å². The highest BCUT2D eigenvalue weighted by molar-refractivity contribution is 5.72.